The summed E-state index contributed by atoms with van der Waals surface area (Å²) in [5.74, 6) is 0. The van der Waals surface area contributed by atoms with Crippen molar-refractivity contribution < 1.29 is 4.74 Å². The van der Waals surface area contributed by atoms with Crippen molar-refractivity contribution in [3.63, 3.8) is 0 Å². The molecule has 1 atom stereocenters. The zero-order valence-corrected chi connectivity index (χ0v) is 7.99. The largest absolute Gasteiger partial charge is 0.378 e. The maximum atomic E-state index is 5.19. The van der Waals surface area contributed by atoms with Crippen molar-refractivity contribution in [1.82, 2.24) is 9.80 Å². The fourth-order valence-corrected chi connectivity index (χ4v) is 2.00. The van der Waals surface area contributed by atoms with Crippen LogP contribution in [0.2, 0.25) is 0 Å². The lowest BCUT2D eigenvalue weighted by Crippen LogP contribution is -2.51. The Balaban J connectivity index is 1.83. The lowest BCUT2D eigenvalue weighted by Gasteiger charge is -2.38. The molecule has 2 heterocycles. The molecule has 3 nitrogen and oxygen atoms in total. The standard InChI is InChI=1S/C9H18N2O/c1-10-4-3-8(5-10)11(2)9-6-12-7-9/h8-9H,3-7H2,1-2H3. The molecule has 2 aliphatic rings. The third-order valence-electron chi connectivity index (χ3n) is 3.14. The molecular weight excluding hydrogens is 152 g/mol. The molecule has 0 aromatic heterocycles. The van der Waals surface area contributed by atoms with Gasteiger partial charge < -0.3 is 9.64 Å². The van der Waals surface area contributed by atoms with Crippen LogP contribution in [-0.4, -0.2) is 62.3 Å². The molecule has 1 unspecified atom stereocenters. The highest BCUT2D eigenvalue weighted by molar-refractivity contribution is 4.86. The predicted molar refractivity (Wildman–Crippen MR) is 48.3 cm³/mol. The van der Waals surface area contributed by atoms with Gasteiger partial charge in [0.15, 0.2) is 0 Å². The number of hydrogen-bond donors (Lipinski definition) is 0. The van der Waals surface area contributed by atoms with E-state index in [-0.39, 0.29) is 0 Å². The minimum Gasteiger partial charge on any atom is -0.378 e. The van der Waals surface area contributed by atoms with E-state index < -0.39 is 0 Å². The highest BCUT2D eigenvalue weighted by Gasteiger charge is 2.31. The van der Waals surface area contributed by atoms with Crippen molar-refractivity contribution in [2.45, 2.75) is 18.5 Å². The zero-order chi connectivity index (χ0) is 8.55. The number of rotatable bonds is 2. The minimum absolute atomic E-state index is 0.696. The van der Waals surface area contributed by atoms with Crippen molar-refractivity contribution in [2.75, 3.05) is 40.4 Å². The number of hydrogen-bond acceptors (Lipinski definition) is 3. The summed E-state index contributed by atoms with van der Waals surface area (Å²) >= 11 is 0. The van der Waals surface area contributed by atoms with E-state index in [1.807, 2.05) is 0 Å². The Labute approximate surface area is 74.3 Å². The molecule has 0 amide bonds. The maximum Gasteiger partial charge on any atom is 0.0645 e. The SMILES string of the molecule is CN1CCC(N(C)C2COC2)C1. The van der Waals surface area contributed by atoms with Crippen molar-refractivity contribution in [3.8, 4) is 0 Å². The van der Waals surface area contributed by atoms with Gasteiger partial charge in [-0.1, -0.05) is 0 Å². The third kappa shape index (κ3) is 1.49. The van der Waals surface area contributed by atoms with Gasteiger partial charge in [-0.2, -0.15) is 0 Å². The van der Waals surface area contributed by atoms with E-state index in [2.05, 4.69) is 23.9 Å². The second kappa shape index (κ2) is 3.32. The number of likely N-dealkylation sites (tertiary alicyclic amines) is 1. The van der Waals surface area contributed by atoms with E-state index in [1.165, 1.54) is 19.5 Å². The molecule has 2 rings (SSSR count). The Morgan fingerprint density at radius 2 is 2.08 bits per heavy atom. The van der Waals surface area contributed by atoms with E-state index in [4.69, 9.17) is 4.74 Å². The van der Waals surface area contributed by atoms with Gasteiger partial charge in [-0.3, -0.25) is 4.90 Å². The molecule has 3 heteroatoms. The van der Waals surface area contributed by atoms with Crippen LogP contribution in [0.25, 0.3) is 0 Å². The molecule has 0 radical (unpaired) electrons. The second-order valence-corrected chi connectivity index (χ2v) is 4.06. The van der Waals surface area contributed by atoms with Crippen molar-refractivity contribution in [2.24, 2.45) is 0 Å². The highest BCUT2D eigenvalue weighted by Crippen LogP contribution is 2.18. The van der Waals surface area contributed by atoms with Gasteiger partial charge in [-0.25, -0.2) is 0 Å². The summed E-state index contributed by atoms with van der Waals surface area (Å²) in [5.41, 5.74) is 0. The molecule has 0 spiro atoms. The molecule has 0 aromatic carbocycles. The van der Waals surface area contributed by atoms with E-state index in [1.54, 1.807) is 0 Å². The lowest BCUT2D eigenvalue weighted by atomic mass is 10.1. The molecule has 2 saturated heterocycles. The predicted octanol–water partition coefficient (Wildman–Crippen LogP) is 0.0211. The van der Waals surface area contributed by atoms with Crippen LogP contribution >= 0.6 is 0 Å². The summed E-state index contributed by atoms with van der Waals surface area (Å²) in [6, 6.07) is 1.46. The monoisotopic (exact) mass is 170 g/mol. The average molecular weight is 170 g/mol. The van der Waals surface area contributed by atoms with Crippen LogP contribution in [0.4, 0.5) is 0 Å². The fourth-order valence-electron chi connectivity index (χ4n) is 2.00. The Kier molecular flexibility index (Phi) is 2.35. The van der Waals surface area contributed by atoms with E-state index in [0.717, 1.165) is 19.3 Å². The van der Waals surface area contributed by atoms with Gasteiger partial charge in [-0.05, 0) is 27.1 Å². The van der Waals surface area contributed by atoms with Gasteiger partial charge in [-0.15, -0.1) is 0 Å². The Morgan fingerprint density at radius 3 is 2.50 bits per heavy atom. The second-order valence-electron chi connectivity index (χ2n) is 4.06. The smallest absolute Gasteiger partial charge is 0.0645 e. The summed E-state index contributed by atoms with van der Waals surface area (Å²) < 4.78 is 5.19. The summed E-state index contributed by atoms with van der Waals surface area (Å²) in [5, 5.41) is 0. The highest BCUT2D eigenvalue weighted by atomic mass is 16.5. The molecule has 0 saturated carbocycles. The Bertz CT molecular complexity index is 159. The molecule has 0 N–H and O–H groups in total. The van der Waals surface area contributed by atoms with Crippen molar-refractivity contribution in [3.05, 3.63) is 0 Å². The van der Waals surface area contributed by atoms with Gasteiger partial charge in [0.05, 0.1) is 19.3 Å². The third-order valence-corrected chi connectivity index (χ3v) is 3.14. The first-order valence-corrected chi connectivity index (χ1v) is 4.75. The van der Waals surface area contributed by atoms with Crippen LogP contribution in [0, 0.1) is 0 Å². The molecule has 70 valence electrons. The molecular formula is C9H18N2O. The van der Waals surface area contributed by atoms with Crippen LogP contribution in [0.5, 0.6) is 0 Å². The summed E-state index contributed by atoms with van der Waals surface area (Å²) in [6.45, 7) is 4.36. The van der Waals surface area contributed by atoms with Gasteiger partial charge in [0.1, 0.15) is 0 Å². The topological polar surface area (TPSA) is 15.7 Å². The maximum absolute atomic E-state index is 5.19. The first-order chi connectivity index (χ1) is 5.77. The lowest BCUT2D eigenvalue weighted by molar-refractivity contribution is -0.0677. The quantitative estimate of drug-likeness (QED) is 0.581. The van der Waals surface area contributed by atoms with E-state index >= 15 is 0 Å². The normalized spacial score (nSPS) is 32.8. The minimum atomic E-state index is 0.696. The molecule has 2 aliphatic heterocycles. The molecule has 12 heavy (non-hydrogen) atoms. The molecule has 0 aliphatic carbocycles. The molecule has 0 aromatic rings. The zero-order valence-electron chi connectivity index (χ0n) is 7.99. The van der Waals surface area contributed by atoms with Gasteiger partial charge >= 0.3 is 0 Å². The Hall–Kier alpha value is -0.120. The van der Waals surface area contributed by atoms with Crippen LogP contribution in [-0.2, 0) is 4.74 Å². The average Bonchev–Trinajstić information content (AvgIpc) is 2.31. The van der Waals surface area contributed by atoms with Crippen molar-refractivity contribution >= 4 is 0 Å². The number of nitrogens with zero attached hydrogens (tertiary/aromatic N) is 2. The molecule has 2 fully saturated rings. The van der Waals surface area contributed by atoms with Crippen LogP contribution in [0.1, 0.15) is 6.42 Å². The first kappa shape index (κ1) is 8.48. The van der Waals surface area contributed by atoms with Crippen LogP contribution in [0.3, 0.4) is 0 Å². The van der Waals surface area contributed by atoms with Gasteiger partial charge in [0, 0.05) is 12.6 Å². The fraction of sp³-hybridized carbons (Fsp3) is 1.00. The van der Waals surface area contributed by atoms with Crippen molar-refractivity contribution in [1.29, 1.82) is 0 Å². The molecule has 0 bridgehead atoms. The van der Waals surface area contributed by atoms with E-state index in [0.29, 0.717) is 6.04 Å². The van der Waals surface area contributed by atoms with E-state index in [9.17, 15) is 0 Å². The summed E-state index contributed by atoms with van der Waals surface area (Å²) in [4.78, 5) is 4.90. The Morgan fingerprint density at radius 1 is 1.33 bits per heavy atom. The summed E-state index contributed by atoms with van der Waals surface area (Å²) in [6.07, 6.45) is 1.32. The van der Waals surface area contributed by atoms with Gasteiger partial charge in [0.25, 0.3) is 0 Å². The van der Waals surface area contributed by atoms with Gasteiger partial charge in [0.2, 0.25) is 0 Å². The first-order valence-electron chi connectivity index (χ1n) is 4.75. The van der Waals surface area contributed by atoms with Crippen LogP contribution < -0.4 is 0 Å². The summed E-state index contributed by atoms with van der Waals surface area (Å²) in [7, 11) is 4.43. The number of ether oxygens (including phenoxy) is 1. The number of likely N-dealkylation sites (N-methyl/N-ethyl adjacent to an activating group) is 2. The van der Waals surface area contributed by atoms with Crippen LogP contribution in [0.15, 0.2) is 0 Å².